The van der Waals surface area contributed by atoms with Gasteiger partial charge in [-0.1, -0.05) is 57.3 Å². The number of benzene rings is 4. The Bertz CT molecular complexity index is 2540. The summed E-state index contributed by atoms with van der Waals surface area (Å²) in [5, 5.41) is 8.69. The van der Waals surface area contributed by atoms with Crippen molar-refractivity contribution in [2.24, 2.45) is 12.2 Å². The van der Waals surface area contributed by atoms with Gasteiger partial charge in [-0.15, -0.1) is 17.7 Å². The normalized spacial score (nSPS) is 12.5. The molecule has 0 saturated carbocycles. The van der Waals surface area contributed by atoms with Crippen molar-refractivity contribution >= 4 is 48.6 Å². The summed E-state index contributed by atoms with van der Waals surface area (Å²) >= 11 is 5.28. The zero-order valence-electron chi connectivity index (χ0n) is 28.8. The number of hydrogen-bond donors (Lipinski definition) is 0. The minimum Gasteiger partial charge on any atom is -0.454 e. The number of ether oxygens (including phenoxy) is 1. The predicted molar refractivity (Wildman–Crippen MR) is 206 cm³/mol. The van der Waals surface area contributed by atoms with Gasteiger partial charge in [0.2, 0.25) is 0 Å². The van der Waals surface area contributed by atoms with Crippen molar-refractivity contribution in [2.45, 2.75) is 37.1 Å². The number of aromatic nitrogens is 4. The van der Waals surface area contributed by atoms with Crippen LogP contribution in [0, 0.1) is 23.5 Å². The van der Waals surface area contributed by atoms with Crippen LogP contribution in [0.5, 0.6) is 11.5 Å². The van der Waals surface area contributed by atoms with E-state index in [9.17, 15) is 8.42 Å². The van der Waals surface area contributed by atoms with Crippen LogP contribution in [0.25, 0.3) is 32.7 Å². The highest BCUT2D eigenvalue weighted by Crippen LogP contribution is 2.40. The fraction of sp³-hybridized carbons (Fsp3) is 0.211. The van der Waals surface area contributed by atoms with Crippen LogP contribution in [0.4, 0.5) is 8.78 Å². The topological polar surface area (TPSA) is 128 Å². The predicted octanol–water partition coefficient (Wildman–Crippen LogP) is 9.77. The van der Waals surface area contributed by atoms with Gasteiger partial charge in [-0.05, 0) is 85.6 Å². The van der Waals surface area contributed by atoms with Gasteiger partial charge >= 0.3 is 0 Å². The number of halogens is 3. The maximum atomic E-state index is 16.0. The Morgan fingerprint density at radius 2 is 1.85 bits per heavy atom. The quantitative estimate of drug-likeness (QED) is 0.0376. The second-order valence-electron chi connectivity index (χ2n) is 12.1. The second kappa shape index (κ2) is 15.9. The molecule has 10 nitrogen and oxygen atoms in total. The number of nitrogens with zero attached hydrogens (tertiary/aromatic N) is 7. The van der Waals surface area contributed by atoms with Crippen LogP contribution >= 0.6 is 27.7 Å². The molecule has 2 aromatic heterocycles. The molecule has 0 aliphatic heterocycles. The summed E-state index contributed by atoms with van der Waals surface area (Å²) in [6, 6.07) is 22.1. The van der Waals surface area contributed by atoms with Crippen molar-refractivity contribution in [1.82, 2.24) is 18.7 Å². The summed E-state index contributed by atoms with van der Waals surface area (Å²) in [6.07, 6.45) is 1.98. The second-order valence-corrected chi connectivity index (χ2v) is 16.0. The Hall–Kier alpha value is -5.13. The van der Waals surface area contributed by atoms with E-state index in [1.54, 1.807) is 37.0 Å². The van der Waals surface area contributed by atoms with Crippen molar-refractivity contribution < 1.29 is 21.9 Å². The van der Waals surface area contributed by atoms with Crippen molar-refractivity contribution in [1.29, 1.82) is 0 Å². The first kappa shape index (κ1) is 37.6. The average Bonchev–Trinajstić information content (AvgIpc) is 3.76. The fourth-order valence-corrected chi connectivity index (χ4v) is 8.66. The fourth-order valence-electron chi connectivity index (χ4n) is 5.96. The van der Waals surface area contributed by atoms with Gasteiger partial charge in [0.25, 0.3) is 10.0 Å². The van der Waals surface area contributed by atoms with Gasteiger partial charge in [0.05, 0.1) is 33.7 Å². The maximum absolute atomic E-state index is 16.0. The molecule has 53 heavy (non-hydrogen) atoms. The molecular weight excluding hydrogens is 784 g/mol. The molecule has 0 radical (unpaired) electrons. The van der Waals surface area contributed by atoms with Crippen LogP contribution in [-0.4, -0.2) is 38.7 Å². The van der Waals surface area contributed by atoms with Crippen LogP contribution in [-0.2, 0) is 29.0 Å². The van der Waals surface area contributed by atoms with Crippen molar-refractivity contribution in [3.63, 3.8) is 0 Å². The average molecular weight is 817 g/mol. The monoisotopic (exact) mass is 815 g/mol. The standard InChI is InChI=1S/C38H32BrF2N7O3S2/c1-4-5-19-52-20-17-38(2,25-10-9-11-26(39)21-25)37-44-36(47(3)45-37)30-22-27(14-15-32(30)40)51-35-31(24-43-46-42)29-16-18-48(34(29)23-33(35)41)53(49,50)28-12-7-6-8-13-28/h6-16,18,21-23H,17,19-20,24H2,1-3H3. The Morgan fingerprint density at radius 3 is 2.58 bits per heavy atom. The lowest BCUT2D eigenvalue weighted by atomic mass is 9.79. The molecule has 0 aliphatic carbocycles. The molecule has 270 valence electrons. The number of hydrogen-bond acceptors (Lipinski definition) is 7. The van der Waals surface area contributed by atoms with Gasteiger partial charge in [0.15, 0.2) is 23.2 Å². The third-order valence-electron chi connectivity index (χ3n) is 8.78. The summed E-state index contributed by atoms with van der Waals surface area (Å²) in [7, 11) is -2.42. The van der Waals surface area contributed by atoms with E-state index in [4.69, 9.17) is 20.4 Å². The smallest absolute Gasteiger partial charge is 0.268 e. The number of aryl methyl sites for hydroxylation is 1. The van der Waals surface area contributed by atoms with E-state index in [0.717, 1.165) is 25.8 Å². The first-order chi connectivity index (χ1) is 25.5. The van der Waals surface area contributed by atoms with Crippen LogP contribution in [0.2, 0.25) is 0 Å². The molecule has 0 N–H and O–H groups in total. The summed E-state index contributed by atoms with van der Waals surface area (Å²) in [4.78, 5) is 7.70. The lowest BCUT2D eigenvalue weighted by molar-refractivity contribution is 0.437. The number of azide groups is 1. The molecular formula is C38H32BrF2N7O3S2. The van der Waals surface area contributed by atoms with Gasteiger partial charge in [0.1, 0.15) is 11.6 Å². The first-order valence-corrected chi connectivity index (χ1v) is 19.6. The molecule has 6 aromatic rings. The summed E-state index contributed by atoms with van der Waals surface area (Å²) in [6.45, 7) is 3.51. The summed E-state index contributed by atoms with van der Waals surface area (Å²) in [5.74, 6) is 6.41. The Kier molecular flexibility index (Phi) is 11.3. The molecule has 0 spiro atoms. The van der Waals surface area contributed by atoms with Gasteiger partial charge in [-0.2, -0.15) is 5.10 Å². The van der Waals surface area contributed by atoms with Gasteiger partial charge in [0, 0.05) is 39.6 Å². The van der Waals surface area contributed by atoms with Gasteiger partial charge in [-0.25, -0.2) is 30.8 Å². The van der Waals surface area contributed by atoms with Gasteiger partial charge in [-0.3, -0.25) is 0 Å². The Morgan fingerprint density at radius 1 is 1.06 bits per heavy atom. The first-order valence-electron chi connectivity index (χ1n) is 16.2. The van der Waals surface area contributed by atoms with E-state index < -0.39 is 27.1 Å². The highest BCUT2D eigenvalue weighted by Gasteiger charge is 2.34. The lowest BCUT2D eigenvalue weighted by Crippen LogP contribution is -2.26. The SMILES string of the molecule is CC#CCSCCC(C)(c1cccc(Br)c1)c1nc(-c2cc(Oc3c(F)cc4c(ccn4S(=O)(=O)c4ccccc4)c3CN=[N+]=[N-])ccc2F)n(C)n1. The van der Waals surface area contributed by atoms with E-state index in [2.05, 4.69) is 44.7 Å². The maximum Gasteiger partial charge on any atom is 0.268 e. The molecule has 2 heterocycles. The van der Waals surface area contributed by atoms with E-state index in [0.29, 0.717) is 23.4 Å². The van der Waals surface area contributed by atoms with Crippen molar-refractivity contribution in [3.05, 3.63) is 135 Å². The lowest BCUT2D eigenvalue weighted by Gasteiger charge is -2.27. The van der Waals surface area contributed by atoms with E-state index in [1.807, 2.05) is 31.2 Å². The van der Waals surface area contributed by atoms with Crippen LogP contribution in [0.3, 0.4) is 0 Å². The molecule has 0 bridgehead atoms. The van der Waals surface area contributed by atoms with Crippen molar-refractivity contribution in [2.75, 3.05) is 11.5 Å². The van der Waals surface area contributed by atoms with E-state index in [1.165, 1.54) is 47.3 Å². The molecule has 6 rings (SSSR count). The zero-order valence-corrected chi connectivity index (χ0v) is 32.0. The minimum absolute atomic E-state index is 0.0123. The summed E-state index contributed by atoms with van der Waals surface area (Å²) < 4.78 is 68.0. The molecule has 0 amide bonds. The summed E-state index contributed by atoms with van der Waals surface area (Å²) in [5.41, 5.74) is 9.67. The molecule has 1 atom stereocenters. The van der Waals surface area contributed by atoms with Crippen LogP contribution in [0.1, 0.15) is 37.2 Å². The number of fused-ring (bicyclic) bond motifs is 1. The van der Waals surface area contributed by atoms with Gasteiger partial charge < -0.3 is 4.74 Å². The van der Waals surface area contributed by atoms with E-state index >= 15 is 8.78 Å². The largest absolute Gasteiger partial charge is 0.454 e. The third kappa shape index (κ3) is 7.68. The molecule has 0 saturated heterocycles. The Balaban J connectivity index is 1.39. The van der Waals surface area contributed by atoms with Crippen LogP contribution < -0.4 is 4.74 Å². The highest BCUT2D eigenvalue weighted by atomic mass is 79.9. The molecule has 4 aromatic carbocycles. The molecule has 0 aliphatic rings. The Labute approximate surface area is 318 Å². The van der Waals surface area contributed by atoms with E-state index in [-0.39, 0.29) is 45.4 Å². The molecule has 0 fully saturated rings. The van der Waals surface area contributed by atoms with Crippen LogP contribution in [0.15, 0.2) is 106 Å². The molecule has 1 unspecified atom stereocenters. The third-order valence-corrected chi connectivity index (χ3v) is 11.8. The number of thioether (sulfide) groups is 1. The molecule has 15 heteroatoms. The van der Waals surface area contributed by atoms with Crippen molar-refractivity contribution in [3.8, 4) is 34.7 Å². The highest BCUT2D eigenvalue weighted by molar-refractivity contribution is 9.10. The minimum atomic E-state index is -4.09. The zero-order chi connectivity index (χ0) is 37.8. The number of rotatable bonds is 13.